The lowest BCUT2D eigenvalue weighted by molar-refractivity contribution is 0.172. The van der Waals surface area contributed by atoms with Gasteiger partial charge in [0.15, 0.2) is 0 Å². The van der Waals surface area contributed by atoms with Gasteiger partial charge in [-0.3, -0.25) is 9.58 Å². The maximum Gasteiger partial charge on any atom is 0.125 e. The van der Waals surface area contributed by atoms with Crippen LogP contribution in [0.15, 0.2) is 30.7 Å². The van der Waals surface area contributed by atoms with E-state index in [0.717, 1.165) is 43.5 Å². The minimum atomic E-state index is -0.231. The Hall–Kier alpha value is -2.21. The van der Waals surface area contributed by atoms with E-state index in [9.17, 15) is 4.39 Å². The lowest BCUT2D eigenvalue weighted by atomic mass is 10.0. The molecule has 5 nitrogen and oxygen atoms in total. The Morgan fingerprint density at radius 1 is 1.33 bits per heavy atom. The Labute approximate surface area is 140 Å². The Morgan fingerprint density at radius 3 is 3.00 bits per heavy atom. The highest BCUT2D eigenvalue weighted by atomic mass is 19.1. The Balaban J connectivity index is 1.54. The number of hydrogen-bond donors (Lipinski definition) is 0. The van der Waals surface area contributed by atoms with Crippen LogP contribution in [0.1, 0.15) is 30.1 Å². The second kappa shape index (κ2) is 6.02. The Kier molecular flexibility index (Phi) is 3.84. The van der Waals surface area contributed by atoms with Crippen molar-refractivity contribution in [2.24, 2.45) is 7.05 Å². The monoisotopic (exact) mass is 327 g/mol. The van der Waals surface area contributed by atoms with Gasteiger partial charge in [-0.05, 0) is 38.4 Å². The molecule has 0 bridgehead atoms. The van der Waals surface area contributed by atoms with Crippen LogP contribution in [0, 0.1) is 12.7 Å². The molecule has 1 saturated heterocycles. The number of piperidine rings is 1. The molecule has 0 radical (unpaired) electrons. The zero-order valence-electron chi connectivity index (χ0n) is 14.1. The van der Waals surface area contributed by atoms with Gasteiger partial charge in [-0.25, -0.2) is 9.37 Å². The SMILES string of the molecule is Cc1c(CN2CCCC(n3cnc4cc(F)ccc43)C2)cnn1C. The number of aryl methyl sites for hydroxylation is 1. The fourth-order valence-electron chi connectivity index (χ4n) is 3.64. The van der Waals surface area contributed by atoms with Crippen molar-refractivity contribution in [1.82, 2.24) is 24.2 Å². The number of rotatable bonds is 3. The van der Waals surface area contributed by atoms with E-state index in [4.69, 9.17) is 0 Å². The smallest absolute Gasteiger partial charge is 0.125 e. The van der Waals surface area contributed by atoms with Crippen molar-refractivity contribution in [3.05, 3.63) is 47.8 Å². The van der Waals surface area contributed by atoms with E-state index in [2.05, 4.69) is 26.5 Å². The van der Waals surface area contributed by atoms with Gasteiger partial charge >= 0.3 is 0 Å². The topological polar surface area (TPSA) is 38.9 Å². The minimum Gasteiger partial charge on any atom is -0.326 e. The van der Waals surface area contributed by atoms with Crippen LogP contribution in [0.5, 0.6) is 0 Å². The molecule has 0 saturated carbocycles. The molecule has 3 aromatic rings. The van der Waals surface area contributed by atoms with Crippen molar-refractivity contribution in [2.75, 3.05) is 13.1 Å². The molecule has 1 unspecified atom stereocenters. The molecule has 24 heavy (non-hydrogen) atoms. The van der Waals surface area contributed by atoms with Gasteiger partial charge in [0.05, 0.1) is 23.6 Å². The molecule has 2 aromatic heterocycles. The fourth-order valence-corrected chi connectivity index (χ4v) is 3.64. The molecular weight excluding hydrogens is 305 g/mol. The van der Waals surface area contributed by atoms with Gasteiger partial charge in [-0.2, -0.15) is 5.10 Å². The molecule has 126 valence electrons. The number of likely N-dealkylation sites (tertiary alicyclic amines) is 1. The lowest BCUT2D eigenvalue weighted by Gasteiger charge is -2.33. The predicted molar refractivity (Wildman–Crippen MR) is 91.2 cm³/mol. The Bertz CT molecular complexity index is 866. The number of benzene rings is 1. The molecular formula is C18H22FN5. The summed E-state index contributed by atoms with van der Waals surface area (Å²) in [5, 5.41) is 4.34. The van der Waals surface area contributed by atoms with E-state index in [-0.39, 0.29) is 5.82 Å². The van der Waals surface area contributed by atoms with Gasteiger partial charge in [0.25, 0.3) is 0 Å². The number of fused-ring (bicyclic) bond motifs is 1. The van der Waals surface area contributed by atoms with E-state index < -0.39 is 0 Å². The van der Waals surface area contributed by atoms with Crippen molar-refractivity contribution in [3.63, 3.8) is 0 Å². The zero-order valence-corrected chi connectivity index (χ0v) is 14.1. The van der Waals surface area contributed by atoms with Crippen molar-refractivity contribution in [3.8, 4) is 0 Å². The van der Waals surface area contributed by atoms with Crippen LogP contribution in [0.25, 0.3) is 11.0 Å². The number of aromatic nitrogens is 4. The van der Waals surface area contributed by atoms with Crippen molar-refractivity contribution >= 4 is 11.0 Å². The highest BCUT2D eigenvalue weighted by Crippen LogP contribution is 2.27. The Morgan fingerprint density at radius 2 is 2.21 bits per heavy atom. The maximum absolute atomic E-state index is 13.4. The first-order valence-electron chi connectivity index (χ1n) is 8.44. The molecule has 1 atom stereocenters. The van der Waals surface area contributed by atoms with Crippen LogP contribution in [-0.4, -0.2) is 37.3 Å². The first-order chi connectivity index (χ1) is 11.6. The first kappa shape index (κ1) is 15.3. The maximum atomic E-state index is 13.4. The van der Waals surface area contributed by atoms with Crippen molar-refractivity contribution < 1.29 is 4.39 Å². The van der Waals surface area contributed by atoms with Gasteiger partial charge in [-0.15, -0.1) is 0 Å². The van der Waals surface area contributed by atoms with Gasteiger partial charge < -0.3 is 4.57 Å². The molecule has 0 spiro atoms. The second-order valence-corrected chi connectivity index (χ2v) is 6.69. The summed E-state index contributed by atoms with van der Waals surface area (Å²) < 4.78 is 17.5. The van der Waals surface area contributed by atoms with Crippen LogP contribution < -0.4 is 0 Å². The molecule has 0 amide bonds. The molecule has 0 aliphatic carbocycles. The number of halogens is 1. The second-order valence-electron chi connectivity index (χ2n) is 6.69. The molecule has 1 aromatic carbocycles. The normalized spacial score (nSPS) is 19.2. The third kappa shape index (κ3) is 2.71. The van der Waals surface area contributed by atoms with Gasteiger partial charge in [0.1, 0.15) is 5.82 Å². The van der Waals surface area contributed by atoms with Gasteiger partial charge in [0, 0.05) is 43.5 Å². The first-order valence-corrected chi connectivity index (χ1v) is 8.44. The van der Waals surface area contributed by atoms with Crippen LogP contribution in [0.2, 0.25) is 0 Å². The molecule has 0 N–H and O–H groups in total. The summed E-state index contributed by atoms with van der Waals surface area (Å²) in [6, 6.07) is 5.24. The fraction of sp³-hybridized carbons (Fsp3) is 0.444. The van der Waals surface area contributed by atoms with Crippen molar-refractivity contribution in [2.45, 2.75) is 32.4 Å². The van der Waals surface area contributed by atoms with Gasteiger partial charge in [-0.1, -0.05) is 0 Å². The summed E-state index contributed by atoms with van der Waals surface area (Å²) in [7, 11) is 1.98. The summed E-state index contributed by atoms with van der Waals surface area (Å²) >= 11 is 0. The number of nitrogens with zero attached hydrogens (tertiary/aromatic N) is 5. The number of imidazole rings is 1. The molecule has 1 aliphatic rings. The van der Waals surface area contributed by atoms with E-state index in [1.165, 1.54) is 23.4 Å². The summed E-state index contributed by atoms with van der Waals surface area (Å²) in [6.07, 6.45) is 6.11. The predicted octanol–water partition coefficient (Wildman–Crippen LogP) is 3.05. The molecule has 3 heterocycles. The average molecular weight is 327 g/mol. The standard InChI is InChI=1S/C18H22FN5/c1-13-14(9-21-22(13)2)10-23-7-3-4-16(11-23)24-12-20-17-8-15(19)5-6-18(17)24/h5-6,8-9,12,16H,3-4,7,10-11H2,1-2H3. The summed E-state index contributed by atoms with van der Waals surface area (Å²) in [5.41, 5.74) is 4.26. The largest absolute Gasteiger partial charge is 0.326 e. The summed E-state index contributed by atoms with van der Waals surface area (Å²) in [5.74, 6) is -0.231. The third-order valence-corrected chi connectivity index (χ3v) is 5.14. The van der Waals surface area contributed by atoms with E-state index in [1.54, 1.807) is 0 Å². The average Bonchev–Trinajstić information content (AvgIpc) is 3.13. The molecule has 4 rings (SSSR count). The van der Waals surface area contributed by atoms with Crippen LogP contribution in [0.3, 0.4) is 0 Å². The minimum absolute atomic E-state index is 0.231. The highest BCUT2D eigenvalue weighted by Gasteiger charge is 2.23. The third-order valence-electron chi connectivity index (χ3n) is 5.14. The van der Waals surface area contributed by atoms with Crippen LogP contribution in [-0.2, 0) is 13.6 Å². The molecule has 6 heteroatoms. The summed E-state index contributed by atoms with van der Waals surface area (Å²) in [6.45, 7) is 5.13. The van der Waals surface area contributed by atoms with Gasteiger partial charge in [0.2, 0.25) is 0 Å². The van der Waals surface area contributed by atoms with Crippen LogP contribution >= 0.6 is 0 Å². The van der Waals surface area contributed by atoms with Crippen molar-refractivity contribution in [1.29, 1.82) is 0 Å². The van der Waals surface area contributed by atoms with Crippen LogP contribution in [0.4, 0.5) is 4.39 Å². The van der Waals surface area contributed by atoms with E-state index in [0.29, 0.717) is 6.04 Å². The zero-order chi connectivity index (χ0) is 16.7. The highest BCUT2D eigenvalue weighted by molar-refractivity contribution is 5.75. The lowest BCUT2D eigenvalue weighted by Crippen LogP contribution is -2.36. The molecule has 1 aliphatic heterocycles. The van der Waals surface area contributed by atoms with E-state index in [1.807, 2.05) is 30.3 Å². The van der Waals surface area contributed by atoms with E-state index >= 15 is 0 Å². The summed E-state index contributed by atoms with van der Waals surface area (Å²) in [4.78, 5) is 6.85. The number of hydrogen-bond acceptors (Lipinski definition) is 3. The quantitative estimate of drug-likeness (QED) is 0.742. The molecule has 1 fully saturated rings.